The van der Waals surface area contributed by atoms with Crippen molar-refractivity contribution in [3.63, 3.8) is 0 Å². The van der Waals surface area contributed by atoms with Gasteiger partial charge in [-0.05, 0) is 41.5 Å². The molecule has 0 saturated heterocycles. The molecule has 0 atom stereocenters. The first-order valence-electron chi connectivity index (χ1n) is 6.21. The molecule has 0 unspecified atom stereocenters. The van der Waals surface area contributed by atoms with E-state index in [-0.39, 0.29) is 12.2 Å². The summed E-state index contributed by atoms with van der Waals surface area (Å²) in [5.74, 6) is 0.993. The van der Waals surface area contributed by atoms with Gasteiger partial charge in [0.15, 0.2) is 11.5 Å². The Balaban J connectivity index is 2.19. The Morgan fingerprint density at radius 1 is 1.14 bits per heavy atom. The molecule has 0 heterocycles. The predicted octanol–water partition coefficient (Wildman–Crippen LogP) is 4.02. The van der Waals surface area contributed by atoms with Crippen molar-refractivity contribution in [2.75, 3.05) is 7.11 Å². The molecule has 2 aromatic carbocycles. The molecule has 0 N–H and O–H groups in total. The fourth-order valence-corrected chi connectivity index (χ4v) is 2.04. The smallest absolute Gasteiger partial charge is 0.161 e. The summed E-state index contributed by atoms with van der Waals surface area (Å²) >= 11 is 5.79. The van der Waals surface area contributed by atoms with Crippen LogP contribution < -0.4 is 9.47 Å². The molecule has 3 nitrogen and oxygen atoms in total. The van der Waals surface area contributed by atoms with Crippen molar-refractivity contribution < 1.29 is 13.9 Å². The largest absolute Gasteiger partial charge is 0.493 e. The Bertz CT molecular complexity index is 682. The highest BCUT2D eigenvalue weighted by atomic mass is 35.5. The third-order valence-corrected chi connectivity index (χ3v) is 3.17. The Labute approximate surface area is 127 Å². The van der Waals surface area contributed by atoms with Crippen molar-refractivity contribution in [3.8, 4) is 17.6 Å². The van der Waals surface area contributed by atoms with Crippen LogP contribution in [0.2, 0.25) is 0 Å². The molecule has 0 bridgehead atoms. The molecule has 2 aromatic rings. The summed E-state index contributed by atoms with van der Waals surface area (Å²) in [7, 11) is 1.54. The molecule has 21 heavy (non-hydrogen) atoms. The van der Waals surface area contributed by atoms with E-state index in [2.05, 4.69) is 0 Å². The molecule has 0 aromatic heterocycles. The van der Waals surface area contributed by atoms with Crippen molar-refractivity contribution in [1.29, 1.82) is 5.26 Å². The van der Waals surface area contributed by atoms with Gasteiger partial charge in [-0.3, -0.25) is 0 Å². The third-order valence-electron chi connectivity index (χ3n) is 2.86. The highest BCUT2D eigenvalue weighted by molar-refractivity contribution is 6.17. The topological polar surface area (TPSA) is 42.2 Å². The van der Waals surface area contributed by atoms with E-state index in [4.69, 9.17) is 26.3 Å². The summed E-state index contributed by atoms with van der Waals surface area (Å²) in [5, 5.41) is 8.83. The second-order valence-electron chi connectivity index (χ2n) is 4.37. The SMILES string of the molecule is COc1ccc(CCl)cc1OCc1cc(F)cc(C#N)c1. The van der Waals surface area contributed by atoms with Crippen LogP contribution in [0.25, 0.3) is 0 Å². The molecule has 5 heteroatoms. The summed E-state index contributed by atoms with van der Waals surface area (Å²) in [6, 6.07) is 11.4. The molecule has 0 aliphatic heterocycles. The maximum absolute atomic E-state index is 13.4. The van der Waals surface area contributed by atoms with Crippen LogP contribution in [-0.2, 0) is 12.5 Å². The highest BCUT2D eigenvalue weighted by Crippen LogP contribution is 2.29. The quantitative estimate of drug-likeness (QED) is 0.783. The molecule has 0 fully saturated rings. The summed E-state index contributed by atoms with van der Waals surface area (Å²) in [4.78, 5) is 0. The van der Waals surface area contributed by atoms with Crippen LogP contribution in [0, 0.1) is 17.1 Å². The monoisotopic (exact) mass is 305 g/mol. The number of rotatable bonds is 5. The lowest BCUT2D eigenvalue weighted by Crippen LogP contribution is -1.99. The second kappa shape index (κ2) is 6.96. The van der Waals surface area contributed by atoms with E-state index in [0.29, 0.717) is 22.9 Å². The molecule has 0 saturated carbocycles. The highest BCUT2D eigenvalue weighted by Gasteiger charge is 2.07. The number of alkyl halides is 1. The first-order chi connectivity index (χ1) is 10.2. The van der Waals surface area contributed by atoms with Crippen molar-refractivity contribution in [2.45, 2.75) is 12.5 Å². The zero-order chi connectivity index (χ0) is 15.2. The van der Waals surface area contributed by atoms with Crippen LogP contribution in [0.5, 0.6) is 11.5 Å². The summed E-state index contributed by atoms with van der Waals surface area (Å²) in [6.45, 7) is 0.133. The number of ether oxygens (including phenoxy) is 2. The number of halogens is 2. The van der Waals surface area contributed by atoms with Crippen molar-refractivity contribution in [2.24, 2.45) is 0 Å². The van der Waals surface area contributed by atoms with Gasteiger partial charge in [-0.15, -0.1) is 11.6 Å². The van der Waals surface area contributed by atoms with Gasteiger partial charge in [0.1, 0.15) is 12.4 Å². The van der Waals surface area contributed by atoms with Gasteiger partial charge < -0.3 is 9.47 Å². The second-order valence-corrected chi connectivity index (χ2v) is 4.63. The predicted molar refractivity (Wildman–Crippen MR) is 78.0 cm³/mol. The van der Waals surface area contributed by atoms with Gasteiger partial charge in [0.2, 0.25) is 0 Å². The van der Waals surface area contributed by atoms with Gasteiger partial charge in [0.25, 0.3) is 0 Å². The van der Waals surface area contributed by atoms with Gasteiger partial charge >= 0.3 is 0 Å². The minimum absolute atomic E-state index is 0.133. The van der Waals surface area contributed by atoms with Crippen LogP contribution in [0.15, 0.2) is 36.4 Å². The van der Waals surface area contributed by atoms with Crippen LogP contribution >= 0.6 is 11.6 Å². The van der Waals surface area contributed by atoms with E-state index < -0.39 is 5.82 Å². The fraction of sp³-hybridized carbons (Fsp3) is 0.188. The lowest BCUT2D eigenvalue weighted by atomic mass is 10.1. The normalized spacial score (nSPS) is 10.0. The standard InChI is InChI=1S/C16H13ClFNO2/c1-20-15-3-2-11(8-17)7-16(15)21-10-13-4-12(9-19)5-14(18)6-13/h2-7H,8,10H2,1H3. The van der Waals surface area contributed by atoms with E-state index in [9.17, 15) is 4.39 Å². The zero-order valence-corrected chi connectivity index (χ0v) is 12.2. The van der Waals surface area contributed by atoms with Crippen LogP contribution in [0.3, 0.4) is 0 Å². The molecule has 0 spiro atoms. The lowest BCUT2D eigenvalue weighted by molar-refractivity contribution is 0.284. The van der Waals surface area contributed by atoms with Crippen molar-refractivity contribution >= 4 is 11.6 Å². The van der Waals surface area contributed by atoms with E-state index in [1.165, 1.54) is 12.1 Å². The Kier molecular flexibility index (Phi) is 5.02. The molecular weight excluding hydrogens is 293 g/mol. The van der Waals surface area contributed by atoms with E-state index in [1.807, 2.05) is 12.1 Å². The number of nitrogens with zero attached hydrogens (tertiary/aromatic N) is 1. The molecule has 0 amide bonds. The first kappa shape index (κ1) is 15.1. The Hall–Kier alpha value is -2.25. The maximum atomic E-state index is 13.4. The molecule has 0 aliphatic carbocycles. The lowest BCUT2D eigenvalue weighted by Gasteiger charge is -2.12. The van der Waals surface area contributed by atoms with E-state index >= 15 is 0 Å². The number of nitriles is 1. The molecule has 2 rings (SSSR count). The Morgan fingerprint density at radius 2 is 1.95 bits per heavy atom. The van der Waals surface area contributed by atoms with Crippen molar-refractivity contribution in [3.05, 3.63) is 58.9 Å². The fourth-order valence-electron chi connectivity index (χ4n) is 1.88. The number of methoxy groups -OCH3 is 1. The maximum Gasteiger partial charge on any atom is 0.161 e. The number of hydrogen-bond donors (Lipinski definition) is 0. The number of hydrogen-bond acceptors (Lipinski definition) is 3. The minimum atomic E-state index is -0.464. The van der Waals surface area contributed by atoms with Crippen LogP contribution in [0.1, 0.15) is 16.7 Å². The van der Waals surface area contributed by atoms with Gasteiger partial charge in [-0.1, -0.05) is 6.07 Å². The minimum Gasteiger partial charge on any atom is -0.493 e. The summed E-state index contributed by atoms with van der Waals surface area (Å²) in [5.41, 5.74) is 1.73. The van der Waals surface area contributed by atoms with Gasteiger partial charge in [0, 0.05) is 5.88 Å². The summed E-state index contributed by atoms with van der Waals surface area (Å²) < 4.78 is 24.2. The average Bonchev–Trinajstić information content (AvgIpc) is 2.51. The molecular formula is C16H13ClFNO2. The van der Waals surface area contributed by atoms with Gasteiger partial charge in [-0.2, -0.15) is 5.26 Å². The van der Waals surface area contributed by atoms with Crippen LogP contribution in [-0.4, -0.2) is 7.11 Å². The van der Waals surface area contributed by atoms with E-state index in [1.54, 1.807) is 25.3 Å². The van der Waals surface area contributed by atoms with Gasteiger partial charge in [-0.25, -0.2) is 4.39 Å². The van der Waals surface area contributed by atoms with Crippen LogP contribution in [0.4, 0.5) is 4.39 Å². The first-order valence-corrected chi connectivity index (χ1v) is 6.75. The van der Waals surface area contributed by atoms with Crippen molar-refractivity contribution in [1.82, 2.24) is 0 Å². The molecule has 108 valence electrons. The molecule has 0 radical (unpaired) electrons. The van der Waals surface area contributed by atoms with Gasteiger partial charge in [0.05, 0.1) is 18.7 Å². The molecule has 0 aliphatic rings. The average molecular weight is 306 g/mol. The Morgan fingerprint density at radius 3 is 2.62 bits per heavy atom. The zero-order valence-electron chi connectivity index (χ0n) is 11.4. The van der Waals surface area contributed by atoms with E-state index in [0.717, 1.165) is 5.56 Å². The third kappa shape index (κ3) is 3.87. The summed E-state index contributed by atoms with van der Waals surface area (Å²) in [6.07, 6.45) is 0. The number of benzene rings is 2.